The van der Waals surface area contributed by atoms with Crippen LogP contribution in [0, 0.1) is 0 Å². The smallest absolute Gasteiger partial charge is 0.252 e. The standard InChI is InChI=1S/C19H19N3OS.2ClH/c23-19(21-12-13-5-3-9-20-13)15-11-17(18-8-4-10-24-18)22-16-7-2-1-6-14(15)16;;/h1-2,4,6-8,10-11,13,20H,3,5,9,12H2,(H,21,23);2*1H. The number of halogens is 2. The second kappa shape index (κ2) is 9.33. The molecule has 0 radical (unpaired) electrons. The molecule has 4 nitrogen and oxygen atoms in total. The first-order valence-electron chi connectivity index (χ1n) is 8.26. The van der Waals surface area contributed by atoms with Crippen molar-refractivity contribution in [1.82, 2.24) is 15.6 Å². The topological polar surface area (TPSA) is 54.0 Å². The Morgan fingerprint density at radius 2 is 2.08 bits per heavy atom. The van der Waals surface area contributed by atoms with E-state index in [0.717, 1.165) is 34.4 Å². The Kier molecular flexibility index (Phi) is 7.41. The number of benzene rings is 1. The van der Waals surface area contributed by atoms with Gasteiger partial charge in [-0.15, -0.1) is 36.2 Å². The van der Waals surface area contributed by atoms with Crippen LogP contribution in [0.15, 0.2) is 47.8 Å². The summed E-state index contributed by atoms with van der Waals surface area (Å²) in [4.78, 5) is 18.6. The highest BCUT2D eigenvalue weighted by Gasteiger charge is 2.18. The number of carbonyl (C=O) groups is 1. The molecule has 1 amide bonds. The number of amides is 1. The highest BCUT2D eigenvalue weighted by molar-refractivity contribution is 7.13. The lowest BCUT2D eigenvalue weighted by Crippen LogP contribution is -2.37. The fourth-order valence-corrected chi connectivity index (χ4v) is 3.84. The van der Waals surface area contributed by atoms with Gasteiger partial charge in [-0.3, -0.25) is 4.79 Å². The van der Waals surface area contributed by atoms with Gasteiger partial charge in [0, 0.05) is 18.0 Å². The maximum atomic E-state index is 12.8. The van der Waals surface area contributed by atoms with Gasteiger partial charge in [-0.2, -0.15) is 0 Å². The monoisotopic (exact) mass is 409 g/mol. The van der Waals surface area contributed by atoms with Gasteiger partial charge in [-0.05, 0) is 43.0 Å². The highest BCUT2D eigenvalue weighted by Crippen LogP contribution is 2.27. The van der Waals surface area contributed by atoms with Crippen LogP contribution in [-0.2, 0) is 0 Å². The Morgan fingerprint density at radius 3 is 2.81 bits per heavy atom. The normalized spacial score (nSPS) is 15.9. The van der Waals surface area contributed by atoms with E-state index < -0.39 is 0 Å². The first-order valence-corrected chi connectivity index (χ1v) is 9.14. The lowest BCUT2D eigenvalue weighted by molar-refractivity contribution is 0.0952. The van der Waals surface area contributed by atoms with E-state index in [4.69, 9.17) is 4.98 Å². The minimum absolute atomic E-state index is 0. The van der Waals surface area contributed by atoms with Crippen molar-refractivity contribution in [3.05, 3.63) is 53.4 Å². The Bertz CT molecular complexity index is 864. The van der Waals surface area contributed by atoms with E-state index in [0.29, 0.717) is 18.2 Å². The third kappa shape index (κ3) is 4.35. The molecule has 1 unspecified atom stereocenters. The molecular weight excluding hydrogens is 389 g/mol. The van der Waals surface area contributed by atoms with Crippen molar-refractivity contribution >= 4 is 53.0 Å². The minimum atomic E-state index is -0.0277. The number of aromatic nitrogens is 1. The molecule has 26 heavy (non-hydrogen) atoms. The maximum Gasteiger partial charge on any atom is 0.252 e. The number of nitrogens with zero attached hydrogens (tertiary/aromatic N) is 1. The van der Waals surface area contributed by atoms with E-state index in [9.17, 15) is 4.79 Å². The van der Waals surface area contributed by atoms with E-state index in [1.54, 1.807) is 11.3 Å². The molecule has 3 heterocycles. The number of rotatable bonds is 4. The van der Waals surface area contributed by atoms with Crippen molar-refractivity contribution in [3.63, 3.8) is 0 Å². The second-order valence-electron chi connectivity index (χ2n) is 6.05. The van der Waals surface area contributed by atoms with Crippen LogP contribution < -0.4 is 10.6 Å². The van der Waals surface area contributed by atoms with Crippen molar-refractivity contribution in [2.45, 2.75) is 18.9 Å². The van der Waals surface area contributed by atoms with Crippen molar-refractivity contribution in [2.24, 2.45) is 0 Å². The Morgan fingerprint density at radius 1 is 1.23 bits per heavy atom. The number of nitrogens with one attached hydrogen (secondary N) is 2. The first-order chi connectivity index (χ1) is 11.8. The number of thiophene rings is 1. The Labute approximate surface area is 169 Å². The molecule has 0 saturated carbocycles. The summed E-state index contributed by atoms with van der Waals surface area (Å²) in [5, 5.41) is 9.41. The molecule has 0 bridgehead atoms. The molecule has 1 aliphatic rings. The minimum Gasteiger partial charge on any atom is -0.350 e. The summed E-state index contributed by atoms with van der Waals surface area (Å²) in [5.74, 6) is -0.0277. The van der Waals surface area contributed by atoms with Gasteiger partial charge in [-0.25, -0.2) is 4.98 Å². The van der Waals surface area contributed by atoms with Gasteiger partial charge >= 0.3 is 0 Å². The molecule has 7 heteroatoms. The number of hydrogen-bond donors (Lipinski definition) is 2. The van der Waals surface area contributed by atoms with Crippen molar-refractivity contribution in [2.75, 3.05) is 13.1 Å². The zero-order valence-electron chi connectivity index (χ0n) is 14.1. The third-order valence-electron chi connectivity index (χ3n) is 4.41. The molecular formula is C19H21Cl2N3OS. The molecule has 1 atom stereocenters. The second-order valence-corrected chi connectivity index (χ2v) is 7.00. The molecule has 1 aromatic carbocycles. The highest BCUT2D eigenvalue weighted by atomic mass is 35.5. The fourth-order valence-electron chi connectivity index (χ4n) is 3.16. The zero-order chi connectivity index (χ0) is 16.4. The van der Waals surface area contributed by atoms with Crippen LogP contribution in [0.1, 0.15) is 23.2 Å². The van der Waals surface area contributed by atoms with Crippen LogP contribution in [-0.4, -0.2) is 30.0 Å². The summed E-state index contributed by atoms with van der Waals surface area (Å²) in [6.45, 7) is 1.71. The van der Waals surface area contributed by atoms with Gasteiger partial charge in [0.05, 0.1) is 21.7 Å². The number of fused-ring (bicyclic) bond motifs is 1. The summed E-state index contributed by atoms with van der Waals surface area (Å²) in [6.07, 6.45) is 2.30. The van der Waals surface area contributed by atoms with Crippen LogP contribution in [0.2, 0.25) is 0 Å². The van der Waals surface area contributed by atoms with Crippen molar-refractivity contribution in [1.29, 1.82) is 0 Å². The SMILES string of the molecule is Cl.Cl.O=C(NCC1CCCN1)c1cc(-c2cccs2)nc2ccccc12. The molecule has 138 valence electrons. The van der Waals surface area contributed by atoms with Gasteiger partial charge in [0.25, 0.3) is 5.91 Å². The quantitative estimate of drug-likeness (QED) is 0.675. The zero-order valence-corrected chi connectivity index (χ0v) is 16.6. The largest absolute Gasteiger partial charge is 0.350 e. The molecule has 4 rings (SSSR count). The van der Waals surface area contributed by atoms with E-state index >= 15 is 0 Å². The van der Waals surface area contributed by atoms with Gasteiger partial charge in [0.2, 0.25) is 0 Å². The summed E-state index contributed by atoms with van der Waals surface area (Å²) in [5.41, 5.74) is 2.40. The summed E-state index contributed by atoms with van der Waals surface area (Å²) in [7, 11) is 0. The van der Waals surface area contributed by atoms with Crippen LogP contribution in [0.3, 0.4) is 0 Å². The van der Waals surface area contributed by atoms with E-state index in [1.165, 1.54) is 6.42 Å². The predicted molar refractivity (Wildman–Crippen MR) is 113 cm³/mol. The number of para-hydroxylation sites is 1. The summed E-state index contributed by atoms with van der Waals surface area (Å²) in [6, 6.07) is 14.2. The molecule has 0 aliphatic carbocycles. The van der Waals surface area contributed by atoms with Gasteiger partial charge < -0.3 is 10.6 Å². The molecule has 2 N–H and O–H groups in total. The van der Waals surface area contributed by atoms with Crippen molar-refractivity contribution < 1.29 is 4.79 Å². The Hall–Kier alpha value is -1.66. The van der Waals surface area contributed by atoms with Gasteiger partial charge in [-0.1, -0.05) is 24.3 Å². The lowest BCUT2D eigenvalue weighted by atomic mass is 10.1. The van der Waals surface area contributed by atoms with E-state index in [-0.39, 0.29) is 30.7 Å². The average molecular weight is 410 g/mol. The molecule has 1 aliphatic heterocycles. The van der Waals surface area contributed by atoms with Gasteiger partial charge in [0.1, 0.15) is 0 Å². The number of hydrogen-bond acceptors (Lipinski definition) is 4. The van der Waals surface area contributed by atoms with Crippen LogP contribution in [0.5, 0.6) is 0 Å². The van der Waals surface area contributed by atoms with Crippen LogP contribution in [0.25, 0.3) is 21.5 Å². The number of carbonyl (C=O) groups excluding carboxylic acids is 1. The molecule has 1 fully saturated rings. The summed E-state index contributed by atoms with van der Waals surface area (Å²) >= 11 is 1.63. The van der Waals surface area contributed by atoms with E-state index in [1.807, 2.05) is 47.8 Å². The lowest BCUT2D eigenvalue weighted by Gasteiger charge is -2.13. The fraction of sp³-hybridized carbons (Fsp3) is 0.263. The first kappa shape index (κ1) is 20.6. The van der Waals surface area contributed by atoms with Crippen molar-refractivity contribution in [3.8, 4) is 10.6 Å². The van der Waals surface area contributed by atoms with E-state index in [2.05, 4.69) is 10.6 Å². The molecule has 3 aromatic rings. The summed E-state index contributed by atoms with van der Waals surface area (Å²) < 4.78 is 0. The predicted octanol–water partition coefficient (Wildman–Crippen LogP) is 4.29. The van der Waals surface area contributed by atoms with Gasteiger partial charge in [0.15, 0.2) is 0 Å². The molecule has 2 aromatic heterocycles. The Balaban J connectivity index is 0.00000121. The third-order valence-corrected chi connectivity index (χ3v) is 5.30. The molecule has 0 spiro atoms. The average Bonchev–Trinajstić information content (AvgIpc) is 3.32. The van der Waals surface area contributed by atoms with Crippen LogP contribution in [0.4, 0.5) is 0 Å². The maximum absolute atomic E-state index is 12.8. The number of pyridine rings is 1. The van der Waals surface area contributed by atoms with Crippen LogP contribution >= 0.6 is 36.2 Å². The molecule has 1 saturated heterocycles.